The first-order valence-electron chi connectivity index (χ1n) is 4.98. The van der Waals surface area contributed by atoms with Gasteiger partial charge in [-0.25, -0.2) is 0 Å². The maximum absolute atomic E-state index is 8.94. The molecule has 5 heteroatoms. The number of halogens is 1. The predicted molar refractivity (Wildman–Crippen MR) is 70.0 cm³/mol. The van der Waals surface area contributed by atoms with Gasteiger partial charge in [0.05, 0.1) is 16.7 Å². The average Bonchev–Trinajstić information content (AvgIpc) is 2.59. The normalized spacial score (nSPS) is 10.7. The monoisotopic (exact) mass is 329 g/mol. The Morgan fingerprint density at radius 3 is 2.69 bits per heavy atom. The van der Waals surface area contributed by atoms with E-state index in [1.807, 2.05) is 23.7 Å². The van der Waals surface area contributed by atoms with Gasteiger partial charge in [-0.2, -0.15) is 5.10 Å². The molecule has 2 aromatic rings. The molecule has 84 valence electrons. The summed E-state index contributed by atoms with van der Waals surface area (Å²) >= 11 is 2.28. The molecule has 0 fully saturated rings. The summed E-state index contributed by atoms with van der Waals surface area (Å²) in [5.41, 5.74) is 3.09. The van der Waals surface area contributed by atoms with Crippen LogP contribution in [0.5, 0.6) is 0 Å². The van der Waals surface area contributed by atoms with Gasteiger partial charge >= 0.3 is 0 Å². The summed E-state index contributed by atoms with van der Waals surface area (Å²) in [5, 5.41) is 13.4. The minimum atomic E-state index is 0.106. The highest BCUT2D eigenvalue weighted by Crippen LogP contribution is 2.25. The lowest BCUT2D eigenvalue weighted by Crippen LogP contribution is -2.05. The van der Waals surface area contributed by atoms with Gasteiger partial charge in [0, 0.05) is 23.7 Å². The molecule has 0 radical (unpaired) electrons. The van der Waals surface area contributed by atoms with Crippen molar-refractivity contribution in [2.24, 2.45) is 0 Å². The summed E-state index contributed by atoms with van der Waals surface area (Å²) in [6, 6.07) is 3.88. The summed E-state index contributed by atoms with van der Waals surface area (Å²) in [6.45, 7) is 2.65. The molecule has 16 heavy (non-hydrogen) atoms. The molecule has 0 aromatic carbocycles. The number of rotatable bonds is 3. The van der Waals surface area contributed by atoms with Crippen LogP contribution in [0.2, 0.25) is 0 Å². The Morgan fingerprint density at radius 2 is 2.06 bits per heavy atom. The van der Waals surface area contributed by atoms with Crippen LogP contribution in [-0.2, 0) is 6.54 Å². The van der Waals surface area contributed by atoms with E-state index in [-0.39, 0.29) is 6.61 Å². The van der Waals surface area contributed by atoms with Gasteiger partial charge in [-0.15, -0.1) is 0 Å². The van der Waals surface area contributed by atoms with Crippen molar-refractivity contribution >= 4 is 22.6 Å². The van der Waals surface area contributed by atoms with E-state index in [1.165, 1.54) is 0 Å². The Bertz CT molecular complexity index is 481. The molecule has 2 rings (SSSR count). The number of aliphatic hydroxyl groups is 1. The van der Waals surface area contributed by atoms with Gasteiger partial charge < -0.3 is 5.11 Å². The molecule has 0 saturated heterocycles. The second-order valence-electron chi connectivity index (χ2n) is 3.43. The van der Waals surface area contributed by atoms with E-state index in [9.17, 15) is 0 Å². The van der Waals surface area contributed by atoms with Crippen LogP contribution < -0.4 is 0 Å². The van der Waals surface area contributed by atoms with E-state index < -0.39 is 0 Å². The van der Waals surface area contributed by atoms with Crippen LogP contribution in [-0.4, -0.2) is 26.5 Å². The second-order valence-corrected chi connectivity index (χ2v) is 4.51. The molecule has 0 atom stereocenters. The van der Waals surface area contributed by atoms with Crippen LogP contribution in [0.15, 0.2) is 24.5 Å². The number of aromatic nitrogens is 3. The molecule has 0 unspecified atom stereocenters. The minimum absolute atomic E-state index is 0.106. The van der Waals surface area contributed by atoms with E-state index in [1.54, 1.807) is 12.4 Å². The number of hydrogen-bond donors (Lipinski definition) is 1. The molecule has 0 aliphatic carbocycles. The Kier molecular flexibility index (Phi) is 3.55. The molecule has 2 heterocycles. The SMILES string of the molecule is Cc1c(I)c(-c2ccncc2)nn1CCO. The van der Waals surface area contributed by atoms with Crippen LogP contribution in [0.4, 0.5) is 0 Å². The van der Waals surface area contributed by atoms with Crippen LogP contribution in [0.3, 0.4) is 0 Å². The van der Waals surface area contributed by atoms with E-state index in [2.05, 4.69) is 32.7 Å². The maximum atomic E-state index is 8.94. The van der Waals surface area contributed by atoms with Gasteiger partial charge in [-0.05, 0) is 41.6 Å². The Morgan fingerprint density at radius 1 is 1.38 bits per heavy atom. The average molecular weight is 329 g/mol. The quantitative estimate of drug-likeness (QED) is 0.875. The van der Waals surface area contributed by atoms with E-state index in [4.69, 9.17) is 5.11 Å². The standard InChI is InChI=1S/C11H12IN3O/c1-8-10(12)11(14-15(8)6-7-16)9-2-4-13-5-3-9/h2-5,16H,6-7H2,1H3. The first-order valence-corrected chi connectivity index (χ1v) is 6.06. The largest absolute Gasteiger partial charge is 0.394 e. The van der Waals surface area contributed by atoms with Crippen molar-refractivity contribution in [3.05, 3.63) is 33.8 Å². The van der Waals surface area contributed by atoms with Crippen molar-refractivity contribution in [1.82, 2.24) is 14.8 Å². The third kappa shape index (κ3) is 2.10. The number of nitrogens with zero attached hydrogens (tertiary/aromatic N) is 3. The fraction of sp³-hybridized carbons (Fsp3) is 0.273. The molecular weight excluding hydrogens is 317 g/mol. The lowest BCUT2D eigenvalue weighted by atomic mass is 10.2. The Labute approximate surface area is 107 Å². The Balaban J connectivity index is 2.46. The summed E-state index contributed by atoms with van der Waals surface area (Å²) in [4.78, 5) is 3.99. The van der Waals surface area contributed by atoms with Gasteiger partial charge in [-0.1, -0.05) is 0 Å². The lowest BCUT2D eigenvalue weighted by Gasteiger charge is -1.99. The molecule has 0 saturated carbocycles. The first kappa shape index (κ1) is 11.5. The Hall–Kier alpha value is -0.950. The molecular formula is C11H12IN3O. The fourth-order valence-electron chi connectivity index (χ4n) is 1.53. The maximum Gasteiger partial charge on any atom is 0.106 e. The lowest BCUT2D eigenvalue weighted by molar-refractivity contribution is 0.268. The van der Waals surface area contributed by atoms with Gasteiger partial charge in [-0.3, -0.25) is 9.67 Å². The topological polar surface area (TPSA) is 50.9 Å². The van der Waals surface area contributed by atoms with E-state index in [0.717, 1.165) is 20.5 Å². The smallest absolute Gasteiger partial charge is 0.106 e. The van der Waals surface area contributed by atoms with E-state index in [0.29, 0.717) is 6.54 Å². The zero-order chi connectivity index (χ0) is 11.5. The number of aliphatic hydroxyl groups excluding tert-OH is 1. The van der Waals surface area contributed by atoms with Crippen molar-refractivity contribution in [3.63, 3.8) is 0 Å². The van der Waals surface area contributed by atoms with Crippen LogP contribution in [0.25, 0.3) is 11.3 Å². The third-order valence-electron chi connectivity index (χ3n) is 2.40. The fourth-order valence-corrected chi connectivity index (χ4v) is 2.23. The van der Waals surface area contributed by atoms with Crippen molar-refractivity contribution in [2.75, 3.05) is 6.61 Å². The molecule has 4 nitrogen and oxygen atoms in total. The number of pyridine rings is 1. The van der Waals surface area contributed by atoms with Crippen molar-refractivity contribution in [1.29, 1.82) is 0 Å². The predicted octanol–water partition coefficient (Wildman–Crippen LogP) is 1.85. The molecule has 2 aromatic heterocycles. The summed E-state index contributed by atoms with van der Waals surface area (Å²) in [5.74, 6) is 0. The van der Waals surface area contributed by atoms with Crippen LogP contribution in [0.1, 0.15) is 5.69 Å². The van der Waals surface area contributed by atoms with Gasteiger partial charge in [0.25, 0.3) is 0 Å². The molecule has 0 bridgehead atoms. The third-order valence-corrected chi connectivity index (χ3v) is 3.69. The van der Waals surface area contributed by atoms with E-state index >= 15 is 0 Å². The minimum Gasteiger partial charge on any atom is -0.394 e. The highest BCUT2D eigenvalue weighted by molar-refractivity contribution is 14.1. The molecule has 1 N–H and O–H groups in total. The zero-order valence-corrected chi connectivity index (χ0v) is 11.0. The summed E-state index contributed by atoms with van der Waals surface area (Å²) < 4.78 is 2.95. The highest BCUT2D eigenvalue weighted by atomic mass is 127. The molecule has 0 spiro atoms. The van der Waals surface area contributed by atoms with Crippen molar-refractivity contribution in [2.45, 2.75) is 13.5 Å². The second kappa shape index (κ2) is 4.92. The molecule has 0 aliphatic heterocycles. The summed E-state index contributed by atoms with van der Waals surface area (Å²) in [6.07, 6.45) is 3.51. The number of hydrogen-bond acceptors (Lipinski definition) is 3. The van der Waals surface area contributed by atoms with Gasteiger partial charge in [0.2, 0.25) is 0 Å². The van der Waals surface area contributed by atoms with Gasteiger partial charge in [0.1, 0.15) is 5.69 Å². The van der Waals surface area contributed by atoms with Crippen molar-refractivity contribution in [3.8, 4) is 11.3 Å². The summed E-state index contributed by atoms with van der Waals surface area (Å²) in [7, 11) is 0. The first-order chi connectivity index (χ1) is 7.74. The molecule has 0 amide bonds. The molecule has 0 aliphatic rings. The van der Waals surface area contributed by atoms with Crippen molar-refractivity contribution < 1.29 is 5.11 Å². The van der Waals surface area contributed by atoms with Crippen LogP contribution >= 0.6 is 22.6 Å². The van der Waals surface area contributed by atoms with Crippen LogP contribution in [0, 0.1) is 10.5 Å². The van der Waals surface area contributed by atoms with Gasteiger partial charge in [0.15, 0.2) is 0 Å². The zero-order valence-electron chi connectivity index (χ0n) is 8.89. The highest BCUT2D eigenvalue weighted by Gasteiger charge is 2.13.